The van der Waals surface area contributed by atoms with E-state index < -0.39 is 11.9 Å². The first-order chi connectivity index (χ1) is 11.1. The van der Waals surface area contributed by atoms with Crippen molar-refractivity contribution in [2.45, 2.75) is 6.67 Å². The Labute approximate surface area is 130 Å². The van der Waals surface area contributed by atoms with Crippen LogP contribution in [0.25, 0.3) is 11.0 Å². The molecule has 0 aliphatic heterocycles. The molecule has 23 heavy (non-hydrogen) atoms. The number of para-hydroxylation sites is 1. The Hall–Kier alpha value is -3.42. The van der Waals surface area contributed by atoms with Gasteiger partial charge in [0.05, 0.1) is 22.3 Å². The largest absolute Gasteiger partial charge is 0.478 e. The van der Waals surface area contributed by atoms with Crippen LogP contribution in [0.4, 0.5) is 5.69 Å². The summed E-state index contributed by atoms with van der Waals surface area (Å²) in [5, 5.41) is 29.1. The molecule has 0 amide bonds. The van der Waals surface area contributed by atoms with Gasteiger partial charge in [0.15, 0.2) is 0 Å². The molecular weight excluding hydrogens is 300 g/mol. The number of fused-ring (bicyclic) bond motifs is 1. The summed E-state index contributed by atoms with van der Waals surface area (Å²) in [6, 6.07) is 11.1. The van der Waals surface area contributed by atoms with E-state index in [0.29, 0.717) is 5.52 Å². The molecule has 1 aromatic heterocycles. The maximum Gasteiger partial charge on any atom is 0.337 e. The number of benzene rings is 2. The van der Waals surface area contributed by atoms with Crippen LogP contribution >= 0.6 is 0 Å². The van der Waals surface area contributed by atoms with Crippen LogP contribution < -0.4 is 5.32 Å². The van der Waals surface area contributed by atoms with Crippen LogP contribution in [0.15, 0.2) is 42.5 Å². The number of carboxylic acid groups (broad SMARTS) is 2. The number of rotatable bonds is 5. The van der Waals surface area contributed by atoms with Crippen LogP contribution in [0.3, 0.4) is 0 Å². The van der Waals surface area contributed by atoms with Crippen LogP contribution in [0.5, 0.6) is 0 Å². The lowest BCUT2D eigenvalue weighted by molar-refractivity contribution is 0.0682. The second-order valence-electron chi connectivity index (χ2n) is 4.78. The molecule has 0 fully saturated rings. The van der Waals surface area contributed by atoms with Crippen molar-refractivity contribution in [2.24, 2.45) is 0 Å². The number of nitrogens with one attached hydrogen (secondary N) is 1. The fourth-order valence-electron chi connectivity index (χ4n) is 2.20. The zero-order chi connectivity index (χ0) is 16.4. The third-order valence-corrected chi connectivity index (χ3v) is 3.34. The van der Waals surface area contributed by atoms with Crippen LogP contribution in [-0.2, 0) is 6.67 Å². The molecule has 0 saturated carbocycles. The van der Waals surface area contributed by atoms with Crippen LogP contribution in [-0.4, -0.2) is 37.1 Å². The van der Waals surface area contributed by atoms with Crippen molar-refractivity contribution in [3.63, 3.8) is 0 Å². The first kappa shape index (κ1) is 14.5. The topological polar surface area (TPSA) is 117 Å². The highest BCUT2D eigenvalue weighted by Gasteiger charge is 2.14. The molecule has 0 radical (unpaired) electrons. The number of carboxylic acids is 2. The second-order valence-corrected chi connectivity index (χ2v) is 4.78. The van der Waals surface area contributed by atoms with E-state index in [1.165, 1.54) is 18.2 Å². The monoisotopic (exact) mass is 312 g/mol. The van der Waals surface area contributed by atoms with Crippen molar-refractivity contribution in [1.82, 2.24) is 15.0 Å². The summed E-state index contributed by atoms with van der Waals surface area (Å²) in [4.78, 5) is 22.3. The third kappa shape index (κ3) is 2.82. The van der Waals surface area contributed by atoms with E-state index in [2.05, 4.69) is 15.6 Å². The van der Waals surface area contributed by atoms with Crippen LogP contribution in [0.2, 0.25) is 0 Å². The molecule has 0 atom stereocenters. The molecule has 3 rings (SSSR count). The van der Waals surface area contributed by atoms with Gasteiger partial charge >= 0.3 is 11.9 Å². The Morgan fingerprint density at radius 3 is 2.61 bits per heavy atom. The summed E-state index contributed by atoms with van der Waals surface area (Å²) in [5.41, 5.74) is 1.69. The van der Waals surface area contributed by atoms with E-state index in [-0.39, 0.29) is 23.5 Å². The highest BCUT2D eigenvalue weighted by atomic mass is 16.4. The summed E-state index contributed by atoms with van der Waals surface area (Å²) in [7, 11) is 0. The van der Waals surface area contributed by atoms with Gasteiger partial charge in [0.2, 0.25) is 0 Å². The summed E-state index contributed by atoms with van der Waals surface area (Å²) in [6.45, 7) is 0.157. The van der Waals surface area contributed by atoms with Crippen molar-refractivity contribution in [2.75, 3.05) is 5.32 Å². The molecule has 0 aliphatic rings. The Balaban J connectivity index is 1.91. The average molecular weight is 312 g/mol. The van der Waals surface area contributed by atoms with Gasteiger partial charge in [-0.2, -0.15) is 0 Å². The second kappa shape index (κ2) is 5.76. The van der Waals surface area contributed by atoms with Crippen molar-refractivity contribution in [3.05, 3.63) is 53.6 Å². The van der Waals surface area contributed by atoms with E-state index >= 15 is 0 Å². The number of aromatic carboxylic acids is 2. The number of nitrogens with zero attached hydrogens (tertiary/aromatic N) is 3. The Bertz CT molecular complexity index is 903. The van der Waals surface area contributed by atoms with E-state index in [1.54, 1.807) is 4.68 Å². The van der Waals surface area contributed by atoms with E-state index in [1.807, 2.05) is 24.3 Å². The van der Waals surface area contributed by atoms with Gasteiger partial charge in [0, 0.05) is 0 Å². The Morgan fingerprint density at radius 2 is 1.87 bits per heavy atom. The molecular formula is C15H12N4O4. The van der Waals surface area contributed by atoms with Gasteiger partial charge < -0.3 is 15.5 Å². The molecule has 1 heterocycles. The molecule has 3 aromatic rings. The van der Waals surface area contributed by atoms with Crippen LogP contribution in [0.1, 0.15) is 20.7 Å². The molecule has 3 N–H and O–H groups in total. The third-order valence-electron chi connectivity index (χ3n) is 3.34. The molecule has 116 valence electrons. The number of carbonyl (C=O) groups is 2. The number of hydrogen-bond acceptors (Lipinski definition) is 5. The Kier molecular flexibility index (Phi) is 3.63. The normalized spacial score (nSPS) is 10.6. The highest BCUT2D eigenvalue weighted by Crippen LogP contribution is 2.19. The van der Waals surface area contributed by atoms with Gasteiger partial charge in [0.25, 0.3) is 0 Å². The minimum Gasteiger partial charge on any atom is -0.478 e. The zero-order valence-electron chi connectivity index (χ0n) is 11.8. The SMILES string of the molecule is O=C(O)c1ccc(C(=O)O)c(NCn2nnc3ccccc32)c1. The van der Waals surface area contributed by atoms with E-state index in [9.17, 15) is 14.7 Å². The average Bonchev–Trinajstić information content (AvgIpc) is 2.95. The van der Waals surface area contributed by atoms with Crippen molar-refractivity contribution in [1.29, 1.82) is 0 Å². The Morgan fingerprint density at radius 1 is 1.09 bits per heavy atom. The first-order valence-corrected chi connectivity index (χ1v) is 6.69. The lowest BCUT2D eigenvalue weighted by Gasteiger charge is -2.11. The molecule has 0 saturated heterocycles. The van der Waals surface area contributed by atoms with Gasteiger partial charge in [-0.25, -0.2) is 14.3 Å². The number of aromatic nitrogens is 3. The molecule has 0 bridgehead atoms. The summed E-state index contributed by atoms with van der Waals surface area (Å²) in [5.74, 6) is -2.27. The summed E-state index contributed by atoms with van der Waals surface area (Å²) >= 11 is 0. The zero-order valence-corrected chi connectivity index (χ0v) is 11.8. The summed E-state index contributed by atoms with van der Waals surface area (Å²) in [6.07, 6.45) is 0. The fourth-order valence-corrected chi connectivity index (χ4v) is 2.20. The van der Waals surface area contributed by atoms with Gasteiger partial charge in [0.1, 0.15) is 12.2 Å². The van der Waals surface area contributed by atoms with Crippen LogP contribution in [0, 0.1) is 0 Å². The van der Waals surface area contributed by atoms with Gasteiger partial charge in [-0.15, -0.1) is 5.10 Å². The lowest BCUT2D eigenvalue weighted by Crippen LogP contribution is -2.13. The quantitative estimate of drug-likeness (QED) is 0.658. The predicted octanol–water partition coefficient (Wildman–Crippen LogP) is 1.90. The van der Waals surface area contributed by atoms with Gasteiger partial charge in [-0.3, -0.25) is 0 Å². The van der Waals surface area contributed by atoms with Gasteiger partial charge in [-0.1, -0.05) is 17.3 Å². The minimum atomic E-state index is -1.15. The standard InChI is InChI=1S/C15H12N4O4/c20-14(21)9-5-6-10(15(22)23)12(7-9)16-8-19-13-4-2-1-3-11(13)17-18-19/h1-7,16H,8H2,(H,20,21)(H,22,23). The molecule has 8 heteroatoms. The highest BCUT2D eigenvalue weighted by molar-refractivity contribution is 5.97. The molecule has 2 aromatic carbocycles. The molecule has 8 nitrogen and oxygen atoms in total. The summed E-state index contributed by atoms with van der Waals surface area (Å²) < 4.78 is 1.56. The fraction of sp³-hybridized carbons (Fsp3) is 0.0667. The molecule has 0 spiro atoms. The maximum absolute atomic E-state index is 11.3. The van der Waals surface area contributed by atoms with Gasteiger partial charge in [-0.05, 0) is 30.3 Å². The van der Waals surface area contributed by atoms with Crippen molar-refractivity contribution >= 4 is 28.7 Å². The predicted molar refractivity (Wildman–Crippen MR) is 81.5 cm³/mol. The lowest BCUT2D eigenvalue weighted by atomic mass is 10.1. The first-order valence-electron chi connectivity index (χ1n) is 6.69. The smallest absolute Gasteiger partial charge is 0.337 e. The van der Waals surface area contributed by atoms with E-state index in [4.69, 9.17) is 5.11 Å². The maximum atomic E-state index is 11.3. The van der Waals surface area contributed by atoms with E-state index in [0.717, 1.165) is 5.52 Å². The number of anilines is 1. The number of hydrogen-bond donors (Lipinski definition) is 3. The molecule has 0 unspecified atom stereocenters. The minimum absolute atomic E-state index is 0.000878. The molecule has 0 aliphatic carbocycles. The van der Waals surface area contributed by atoms with Crippen molar-refractivity contribution < 1.29 is 19.8 Å². The van der Waals surface area contributed by atoms with Crippen molar-refractivity contribution in [3.8, 4) is 0 Å².